The molecule has 1 aliphatic rings. The van der Waals surface area contributed by atoms with Crippen molar-refractivity contribution in [1.82, 2.24) is 0 Å². The number of fused-ring (bicyclic) bond motifs is 1. The van der Waals surface area contributed by atoms with Gasteiger partial charge in [-0.2, -0.15) is 0 Å². The first-order chi connectivity index (χ1) is 11.5. The topological polar surface area (TPSA) is 47.6 Å². The van der Waals surface area contributed by atoms with E-state index < -0.39 is 0 Å². The van der Waals surface area contributed by atoms with E-state index in [0.29, 0.717) is 17.1 Å². The third-order valence-electron chi connectivity index (χ3n) is 3.96. The Balaban J connectivity index is 2.22. The molecule has 0 radical (unpaired) electrons. The second-order valence-electron chi connectivity index (χ2n) is 5.34. The molecule has 0 aliphatic carbocycles. The van der Waals surface area contributed by atoms with Crippen molar-refractivity contribution < 1.29 is 14.3 Å². The van der Waals surface area contributed by atoms with Gasteiger partial charge in [-0.3, -0.25) is 4.79 Å². The van der Waals surface area contributed by atoms with Crippen molar-refractivity contribution in [2.75, 3.05) is 19.5 Å². The van der Waals surface area contributed by atoms with E-state index in [2.05, 4.69) is 37.2 Å². The lowest BCUT2D eigenvalue weighted by Crippen LogP contribution is -2.04. The monoisotopic (exact) mass is 451 g/mol. The number of halogens is 2. The first-order valence-corrected chi connectivity index (χ1v) is 8.79. The van der Waals surface area contributed by atoms with E-state index in [1.807, 2.05) is 37.3 Å². The first-order valence-electron chi connectivity index (χ1n) is 7.20. The molecule has 0 saturated heterocycles. The molecule has 0 spiro atoms. The summed E-state index contributed by atoms with van der Waals surface area (Å²) in [4.78, 5) is 12.5. The highest BCUT2D eigenvalue weighted by molar-refractivity contribution is 9.11. The zero-order valence-corrected chi connectivity index (χ0v) is 16.5. The third-order valence-corrected chi connectivity index (χ3v) is 5.41. The zero-order valence-electron chi connectivity index (χ0n) is 13.4. The number of benzene rings is 2. The highest BCUT2D eigenvalue weighted by Gasteiger charge is 2.29. The normalized spacial score (nSPS) is 14.5. The molecule has 1 amide bonds. The van der Waals surface area contributed by atoms with Gasteiger partial charge in [-0.05, 0) is 58.8 Å². The van der Waals surface area contributed by atoms with Gasteiger partial charge in [0.15, 0.2) is 0 Å². The van der Waals surface area contributed by atoms with Gasteiger partial charge >= 0.3 is 0 Å². The minimum absolute atomic E-state index is 0.142. The number of anilines is 1. The summed E-state index contributed by atoms with van der Waals surface area (Å²) >= 11 is 7.05. The smallest absolute Gasteiger partial charge is 0.256 e. The van der Waals surface area contributed by atoms with Crippen molar-refractivity contribution >= 4 is 55.1 Å². The van der Waals surface area contributed by atoms with Crippen LogP contribution in [0.3, 0.4) is 0 Å². The van der Waals surface area contributed by atoms with Crippen LogP contribution in [0.4, 0.5) is 5.69 Å². The third kappa shape index (κ3) is 2.84. The van der Waals surface area contributed by atoms with Crippen molar-refractivity contribution in [3.63, 3.8) is 0 Å². The van der Waals surface area contributed by atoms with E-state index in [1.54, 1.807) is 14.2 Å². The molecule has 2 aromatic carbocycles. The fraction of sp³-hybridized carbons (Fsp3) is 0.167. The number of methoxy groups -OCH3 is 2. The Morgan fingerprint density at radius 1 is 1.08 bits per heavy atom. The predicted octanol–water partition coefficient (Wildman–Crippen LogP) is 5.03. The van der Waals surface area contributed by atoms with Crippen LogP contribution >= 0.6 is 31.9 Å². The molecule has 0 unspecified atom stereocenters. The van der Waals surface area contributed by atoms with Crippen LogP contribution in [0.2, 0.25) is 0 Å². The quantitative estimate of drug-likeness (QED) is 0.664. The summed E-state index contributed by atoms with van der Waals surface area (Å²) in [5.41, 5.74) is 4.04. The Bertz CT molecular complexity index is 875. The molecule has 0 fully saturated rings. The number of hydrogen-bond donors (Lipinski definition) is 1. The molecular weight excluding hydrogens is 438 g/mol. The summed E-state index contributed by atoms with van der Waals surface area (Å²) in [6.07, 6.45) is 1.83. The summed E-state index contributed by atoms with van der Waals surface area (Å²) in [5, 5.41) is 2.92. The Hall–Kier alpha value is -1.79. The molecule has 124 valence electrons. The molecule has 0 aromatic heterocycles. The maximum Gasteiger partial charge on any atom is 0.256 e. The lowest BCUT2D eigenvalue weighted by Gasteiger charge is -2.10. The van der Waals surface area contributed by atoms with Gasteiger partial charge in [0.05, 0.1) is 25.5 Å². The maximum atomic E-state index is 12.5. The summed E-state index contributed by atoms with van der Waals surface area (Å²) in [5.74, 6) is 1.24. The van der Waals surface area contributed by atoms with Crippen molar-refractivity contribution in [1.29, 1.82) is 0 Å². The molecule has 1 N–H and O–H groups in total. The number of hydrogen-bond acceptors (Lipinski definition) is 3. The fourth-order valence-corrected chi connectivity index (χ4v) is 3.98. The van der Waals surface area contributed by atoms with E-state index in [-0.39, 0.29) is 5.91 Å². The molecule has 0 saturated carbocycles. The van der Waals surface area contributed by atoms with Crippen molar-refractivity contribution in [2.24, 2.45) is 0 Å². The van der Waals surface area contributed by atoms with Crippen LogP contribution in [0.25, 0.3) is 11.6 Å². The highest BCUT2D eigenvalue weighted by atomic mass is 79.9. The largest absolute Gasteiger partial charge is 0.497 e. The van der Waals surface area contributed by atoms with Crippen LogP contribution in [-0.2, 0) is 4.79 Å². The summed E-state index contributed by atoms with van der Waals surface area (Å²) in [6.45, 7) is 1.98. The molecule has 0 bridgehead atoms. The lowest BCUT2D eigenvalue weighted by molar-refractivity contribution is -0.110. The van der Waals surface area contributed by atoms with E-state index in [9.17, 15) is 4.79 Å². The van der Waals surface area contributed by atoms with Crippen LogP contribution in [0.15, 0.2) is 33.2 Å². The fourth-order valence-electron chi connectivity index (χ4n) is 2.72. The van der Waals surface area contributed by atoms with Crippen LogP contribution in [0, 0.1) is 6.92 Å². The minimum Gasteiger partial charge on any atom is -0.497 e. The van der Waals surface area contributed by atoms with Gasteiger partial charge in [0.25, 0.3) is 5.91 Å². The SMILES string of the molecule is COc1ccc(OC)c(C=C2C(=O)Nc3c(Br)cc(Br)c(C)c32)c1. The summed E-state index contributed by atoms with van der Waals surface area (Å²) in [7, 11) is 3.21. The first kappa shape index (κ1) is 17.0. The van der Waals surface area contributed by atoms with E-state index in [0.717, 1.165) is 31.3 Å². The Morgan fingerprint density at radius 3 is 2.50 bits per heavy atom. The Kier molecular flexibility index (Phi) is 4.69. The van der Waals surface area contributed by atoms with E-state index >= 15 is 0 Å². The van der Waals surface area contributed by atoms with Crippen LogP contribution < -0.4 is 14.8 Å². The summed E-state index contributed by atoms with van der Waals surface area (Å²) in [6, 6.07) is 7.42. The van der Waals surface area contributed by atoms with Gasteiger partial charge in [0.1, 0.15) is 11.5 Å². The molecule has 6 heteroatoms. The molecule has 2 aromatic rings. The van der Waals surface area contributed by atoms with Crippen molar-refractivity contribution in [3.05, 3.63) is 49.9 Å². The van der Waals surface area contributed by atoms with Gasteiger partial charge in [-0.25, -0.2) is 0 Å². The Labute approximate surface area is 157 Å². The van der Waals surface area contributed by atoms with Crippen molar-refractivity contribution in [3.8, 4) is 11.5 Å². The zero-order chi connectivity index (χ0) is 17.4. The number of carbonyl (C=O) groups excluding carboxylic acids is 1. The maximum absolute atomic E-state index is 12.5. The molecule has 4 nitrogen and oxygen atoms in total. The highest BCUT2D eigenvalue weighted by Crippen LogP contribution is 2.44. The van der Waals surface area contributed by atoms with Gasteiger partial charge < -0.3 is 14.8 Å². The van der Waals surface area contributed by atoms with Gasteiger partial charge in [-0.1, -0.05) is 15.9 Å². The number of carbonyl (C=O) groups is 1. The lowest BCUT2D eigenvalue weighted by atomic mass is 9.99. The molecule has 3 rings (SSSR count). The second kappa shape index (κ2) is 6.61. The second-order valence-corrected chi connectivity index (χ2v) is 7.04. The predicted molar refractivity (Wildman–Crippen MR) is 103 cm³/mol. The van der Waals surface area contributed by atoms with E-state index in [4.69, 9.17) is 9.47 Å². The van der Waals surface area contributed by atoms with Gasteiger partial charge in [0.2, 0.25) is 0 Å². The molecule has 0 atom stereocenters. The number of rotatable bonds is 3. The number of nitrogens with one attached hydrogen (secondary N) is 1. The minimum atomic E-state index is -0.142. The van der Waals surface area contributed by atoms with Crippen LogP contribution in [0.5, 0.6) is 11.5 Å². The molecule has 24 heavy (non-hydrogen) atoms. The molecular formula is C18H15Br2NO3. The number of ether oxygens (including phenoxy) is 2. The van der Waals surface area contributed by atoms with Gasteiger partial charge in [0, 0.05) is 20.1 Å². The van der Waals surface area contributed by atoms with Crippen LogP contribution in [0.1, 0.15) is 16.7 Å². The summed E-state index contributed by atoms with van der Waals surface area (Å²) < 4.78 is 12.5. The standard InChI is InChI=1S/C18H15Br2NO3/c1-9-13(19)8-14(20)17-16(9)12(18(22)21-17)7-10-6-11(23-2)4-5-15(10)24-3/h4-8H,1-3H3,(H,21,22). The van der Waals surface area contributed by atoms with Crippen LogP contribution in [-0.4, -0.2) is 20.1 Å². The number of amides is 1. The molecule has 1 heterocycles. The molecule has 1 aliphatic heterocycles. The average molecular weight is 453 g/mol. The van der Waals surface area contributed by atoms with E-state index in [1.165, 1.54) is 0 Å². The Morgan fingerprint density at radius 2 is 1.83 bits per heavy atom. The average Bonchev–Trinajstić information content (AvgIpc) is 2.90. The van der Waals surface area contributed by atoms with Crippen molar-refractivity contribution in [2.45, 2.75) is 6.92 Å². The van der Waals surface area contributed by atoms with Gasteiger partial charge in [-0.15, -0.1) is 0 Å².